The fourth-order valence-electron chi connectivity index (χ4n) is 2.10. The van der Waals surface area contributed by atoms with E-state index in [-0.39, 0.29) is 17.3 Å². The van der Waals surface area contributed by atoms with Gasteiger partial charge in [-0.05, 0) is 32.8 Å². The molecule has 0 spiro atoms. The quantitative estimate of drug-likeness (QED) is 0.855. The van der Waals surface area contributed by atoms with E-state index in [4.69, 9.17) is 5.73 Å². The van der Waals surface area contributed by atoms with Crippen molar-refractivity contribution in [3.63, 3.8) is 0 Å². The average Bonchev–Trinajstić information content (AvgIpc) is 2.88. The summed E-state index contributed by atoms with van der Waals surface area (Å²) in [6.07, 6.45) is 1.59. The zero-order valence-corrected chi connectivity index (χ0v) is 13.0. The molecular formula is C14H22N6O. The lowest BCUT2D eigenvalue weighted by Crippen LogP contribution is -2.49. The SMILES string of the molecule is CCC(N)(CC)CNC(=O)c1nc2nc(C)cc(C)n2n1. The Bertz CT molecular complexity index is 659. The van der Waals surface area contributed by atoms with Crippen molar-refractivity contribution in [2.45, 2.75) is 46.1 Å². The Labute approximate surface area is 124 Å². The first-order valence-corrected chi connectivity index (χ1v) is 7.16. The molecule has 0 atom stereocenters. The molecule has 114 valence electrons. The molecule has 0 bridgehead atoms. The van der Waals surface area contributed by atoms with Crippen molar-refractivity contribution in [1.29, 1.82) is 0 Å². The molecule has 7 heteroatoms. The third kappa shape index (κ3) is 3.18. The topological polar surface area (TPSA) is 98.2 Å². The van der Waals surface area contributed by atoms with Crippen molar-refractivity contribution in [1.82, 2.24) is 24.9 Å². The van der Waals surface area contributed by atoms with Crippen molar-refractivity contribution in [3.8, 4) is 0 Å². The summed E-state index contributed by atoms with van der Waals surface area (Å²) in [5.74, 6) is 0.225. The van der Waals surface area contributed by atoms with Crippen molar-refractivity contribution >= 4 is 11.7 Å². The molecule has 2 rings (SSSR count). The normalized spacial score (nSPS) is 11.9. The summed E-state index contributed by atoms with van der Waals surface area (Å²) < 4.78 is 1.57. The highest BCUT2D eigenvalue weighted by molar-refractivity contribution is 5.90. The Morgan fingerprint density at radius 3 is 2.62 bits per heavy atom. The van der Waals surface area contributed by atoms with E-state index in [1.165, 1.54) is 0 Å². The Hall–Kier alpha value is -2.02. The van der Waals surface area contributed by atoms with Gasteiger partial charge in [0.15, 0.2) is 0 Å². The van der Waals surface area contributed by atoms with Crippen LogP contribution >= 0.6 is 0 Å². The number of hydrogen-bond acceptors (Lipinski definition) is 5. The summed E-state index contributed by atoms with van der Waals surface area (Å²) in [5, 5.41) is 7.00. The number of nitrogens with two attached hydrogens (primary N) is 1. The molecule has 1 amide bonds. The molecule has 2 aromatic rings. The summed E-state index contributed by atoms with van der Waals surface area (Å²) in [6.45, 7) is 8.20. The largest absolute Gasteiger partial charge is 0.347 e. The molecule has 2 aromatic heterocycles. The van der Waals surface area contributed by atoms with Crippen LogP contribution < -0.4 is 11.1 Å². The molecule has 0 aliphatic heterocycles. The van der Waals surface area contributed by atoms with E-state index in [1.807, 2.05) is 33.8 Å². The van der Waals surface area contributed by atoms with Gasteiger partial charge in [-0.25, -0.2) is 9.50 Å². The van der Waals surface area contributed by atoms with E-state index < -0.39 is 0 Å². The second-order valence-electron chi connectivity index (χ2n) is 5.44. The molecule has 0 radical (unpaired) electrons. The van der Waals surface area contributed by atoms with Crippen LogP contribution in [0.3, 0.4) is 0 Å². The van der Waals surface area contributed by atoms with Gasteiger partial charge in [0.1, 0.15) is 0 Å². The lowest BCUT2D eigenvalue weighted by Gasteiger charge is -2.26. The Balaban J connectivity index is 2.19. The van der Waals surface area contributed by atoms with Gasteiger partial charge in [-0.3, -0.25) is 4.79 Å². The van der Waals surface area contributed by atoms with Crippen LogP contribution in [0.15, 0.2) is 6.07 Å². The predicted octanol–water partition coefficient (Wildman–Crippen LogP) is 0.988. The third-order valence-electron chi connectivity index (χ3n) is 3.83. The number of carbonyl (C=O) groups is 1. The van der Waals surface area contributed by atoms with Crippen LogP contribution in [-0.2, 0) is 0 Å². The van der Waals surface area contributed by atoms with Gasteiger partial charge in [-0.1, -0.05) is 13.8 Å². The number of carbonyl (C=O) groups excluding carboxylic acids is 1. The zero-order valence-electron chi connectivity index (χ0n) is 13.0. The standard InChI is InChI=1S/C14H22N6O/c1-5-14(15,6-2)8-16-12(21)11-18-13-17-9(3)7-10(4)20(13)19-11/h7H,5-6,8,15H2,1-4H3,(H,16,21). The molecule has 3 N–H and O–H groups in total. The lowest BCUT2D eigenvalue weighted by molar-refractivity contribution is 0.0932. The summed E-state index contributed by atoms with van der Waals surface area (Å²) in [7, 11) is 0. The number of aromatic nitrogens is 4. The van der Waals surface area contributed by atoms with Gasteiger partial charge in [0.05, 0.1) is 0 Å². The first-order chi connectivity index (χ1) is 9.88. The van der Waals surface area contributed by atoms with E-state index >= 15 is 0 Å². The average molecular weight is 290 g/mol. The number of rotatable bonds is 5. The van der Waals surface area contributed by atoms with E-state index in [9.17, 15) is 4.79 Å². The molecular weight excluding hydrogens is 268 g/mol. The second kappa shape index (κ2) is 5.77. The maximum Gasteiger partial charge on any atom is 0.291 e. The van der Waals surface area contributed by atoms with Gasteiger partial charge >= 0.3 is 0 Å². The summed E-state index contributed by atoms with van der Waals surface area (Å²) in [6, 6.07) is 1.89. The number of aryl methyl sites for hydroxylation is 2. The van der Waals surface area contributed by atoms with Crippen LogP contribution in [0.25, 0.3) is 5.78 Å². The molecule has 2 heterocycles. The smallest absolute Gasteiger partial charge is 0.291 e. The Morgan fingerprint density at radius 1 is 1.33 bits per heavy atom. The molecule has 0 aliphatic carbocycles. The summed E-state index contributed by atoms with van der Waals surface area (Å²) >= 11 is 0. The van der Waals surface area contributed by atoms with Crippen molar-refractivity contribution in [3.05, 3.63) is 23.3 Å². The van der Waals surface area contributed by atoms with Crippen molar-refractivity contribution < 1.29 is 4.79 Å². The molecule has 0 unspecified atom stereocenters. The van der Waals surface area contributed by atoms with E-state index in [1.54, 1.807) is 4.52 Å². The Morgan fingerprint density at radius 2 is 2.00 bits per heavy atom. The van der Waals surface area contributed by atoms with Crippen molar-refractivity contribution in [2.75, 3.05) is 6.54 Å². The molecule has 0 aromatic carbocycles. The highest BCUT2D eigenvalue weighted by Gasteiger charge is 2.22. The molecule has 0 fully saturated rings. The van der Waals surface area contributed by atoms with Gasteiger partial charge < -0.3 is 11.1 Å². The first-order valence-electron chi connectivity index (χ1n) is 7.16. The predicted molar refractivity (Wildman–Crippen MR) is 80.1 cm³/mol. The molecule has 21 heavy (non-hydrogen) atoms. The minimum Gasteiger partial charge on any atom is -0.347 e. The highest BCUT2D eigenvalue weighted by Crippen LogP contribution is 2.10. The highest BCUT2D eigenvalue weighted by atomic mass is 16.2. The number of hydrogen-bond donors (Lipinski definition) is 2. The van der Waals surface area contributed by atoms with Crippen LogP contribution in [-0.4, -0.2) is 37.6 Å². The van der Waals surface area contributed by atoms with Crippen LogP contribution in [0.5, 0.6) is 0 Å². The van der Waals surface area contributed by atoms with Crippen LogP contribution in [0.1, 0.15) is 48.7 Å². The van der Waals surface area contributed by atoms with Gasteiger partial charge in [-0.2, -0.15) is 4.98 Å². The molecule has 0 aliphatic rings. The minimum absolute atomic E-state index is 0.116. The van der Waals surface area contributed by atoms with E-state index in [0.29, 0.717) is 12.3 Å². The monoisotopic (exact) mass is 290 g/mol. The molecule has 0 saturated heterocycles. The van der Waals surface area contributed by atoms with E-state index in [0.717, 1.165) is 24.2 Å². The lowest BCUT2D eigenvalue weighted by atomic mass is 9.94. The fourth-order valence-corrected chi connectivity index (χ4v) is 2.10. The maximum absolute atomic E-state index is 12.2. The minimum atomic E-state index is -0.389. The first kappa shape index (κ1) is 15.4. The van der Waals surface area contributed by atoms with Crippen molar-refractivity contribution in [2.24, 2.45) is 5.73 Å². The third-order valence-corrected chi connectivity index (χ3v) is 3.83. The number of nitrogens with one attached hydrogen (secondary N) is 1. The van der Waals surface area contributed by atoms with Gasteiger partial charge in [0.25, 0.3) is 11.7 Å². The number of fused-ring (bicyclic) bond motifs is 1. The number of amides is 1. The second-order valence-corrected chi connectivity index (χ2v) is 5.44. The molecule has 0 saturated carbocycles. The fraction of sp³-hybridized carbons (Fsp3) is 0.571. The number of nitrogens with zero attached hydrogens (tertiary/aromatic N) is 4. The zero-order chi connectivity index (χ0) is 15.6. The molecule has 7 nitrogen and oxygen atoms in total. The summed E-state index contributed by atoms with van der Waals surface area (Å²) in [5.41, 5.74) is 7.51. The maximum atomic E-state index is 12.2. The summed E-state index contributed by atoms with van der Waals surface area (Å²) in [4.78, 5) is 20.6. The van der Waals surface area contributed by atoms with Gasteiger partial charge in [0.2, 0.25) is 5.82 Å². The van der Waals surface area contributed by atoms with Crippen LogP contribution in [0, 0.1) is 13.8 Å². The van der Waals surface area contributed by atoms with Crippen LogP contribution in [0.2, 0.25) is 0 Å². The van der Waals surface area contributed by atoms with Gasteiger partial charge in [-0.15, -0.1) is 5.10 Å². The van der Waals surface area contributed by atoms with E-state index in [2.05, 4.69) is 20.4 Å². The Kier molecular flexibility index (Phi) is 4.22. The van der Waals surface area contributed by atoms with Gasteiger partial charge in [0, 0.05) is 23.5 Å². The van der Waals surface area contributed by atoms with Crippen LogP contribution in [0.4, 0.5) is 0 Å².